The monoisotopic (exact) mass is 284 g/mol. The van der Waals surface area contributed by atoms with Gasteiger partial charge in [-0.3, -0.25) is 4.79 Å². The molecule has 1 unspecified atom stereocenters. The van der Waals surface area contributed by atoms with Crippen molar-refractivity contribution >= 4 is 5.91 Å². The minimum Gasteiger partial charge on any atom is -0.352 e. The van der Waals surface area contributed by atoms with Crippen molar-refractivity contribution in [3.05, 3.63) is 0 Å². The Kier molecular flexibility index (Phi) is 8.82. The molecule has 118 valence electrons. The lowest BCUT2D eigenvalue weighted by Gasteiger charge is -2.33. The molecule has 1 saturated heterocycles. The molecule has 20 heavy (non-hydrogen) atoms. The van der Waals surface area contributed by atoms with Crippen molar-refractivity contribution < 1.29 is 4.79 Å². The van der Waals surface area contributed by atoms with Crippen molar-refractivity contribution in [3.8, 4) is 0 Å². The molecule has 1 aliphatic heterocycles. The molecule has 0 aromatic carbocycles. The number of piperazine rings is 1. The second-order valence-corrected chi connectivity index (χ2v) is 5.67. The van der Waals surface area contributed by atoms with E-state index in [4.69, 9.17) is 5.73 Å². The predicted octanol–water partition coefficient (Wildman–Crippen LogP) is 0.648. The lowest BCUT2D eigenvalue weighted by molar-refractivity contribution is -0.122. The minimum absolute atomic E-state index is 0.148. The average Bonchev–Trinajstić information content (AvgIpc) is 2.49. The van der Waals surface area contributed by atoms with Gasteiger partial charge in [0.25, 0.3) is 0 Å². The number of carbonyl (C=O) groups is 1. The van der Waals surface area contributed by atoms with Crippen molar-refractivity contribution in [2.75, 3.05) is 45.8 Å². The molecule has 0 aliphatic carbocycles. The van der Waals surface area contributed by atoms with Crippen LogP contribution < -0.4 is 11.1 Å². The zero-order chi connectivity index (χ0) is 14.8. The number of nitrogens with one attached hydrogen (secondary N) is 1. The summed E-state index contributed by atoms with van der Waals surface area (Å²) in [7, 11) is 0. The molecule has 1 rings (SSSR count). The van der Waals surface area contributed by atoms with E-state index in [0.29, 0.717) is 13.0 Å². The van der Waals surface area contributed by atoms with E-state index in [0.717, 1.165) is 58.5 Å². The van der Waals surface area contributed by atoms with E-state index >= 15 is 0 Å². The molecule has 0 saturated carbocycles. The maximum absolute atomic E-state index is 11.9. The van der Waals surface area contributed by atoms with E-state index in [1.165, 1.54) is 0 Å². The molecule has 0 spiro atoms. The van der Waals surface area contributed by atoms with Gasteiger partial charge in [0.15, 0.2) is 0 Å². The van der Waals surface area contributed by atoms with Gasteiger partial charge in [0, 0.05) is 51.7 Å². The van der Waals surface area contributed by atoms with Crippen LogP contribution in [0.15, 0.2) is 0 Å². The van der Waals surface area contributed by atoms with Gasteiger partial charge in [-0.15, -0.1) is 0 Å². The number of unbranched alkanes of at least 4 members (excludes halogenated alkanes) is 1. The third-order valence-corrected chi connectivity index (χ3v) is 4.12. The van der Waals surface area contributed by atoms with Crippen LogP contribution in [0.25, 0.3) is 0 Å². The van der Waals surface area contributed by atoms with E-state index in [1.54, 1.807) is 0 Å². The van der Waals surface area contributed by atoms with Gasteiger partial charge in [0.05, 0.1) is 0 Å². The third-order valence-electron chi connectivity index (χ3n) is 4.12. The van der Waals surface area contributed by atoms with Gasteiger partial charge in [0.1, 0.15) is 0 Å². The lowest BCUT2D eigenvalue weighted by Crippen LogP contribution is -2.47. The topological polar surface area (TPSA) is 61.6 Å². The first-order chi connectivity index (χ1) is 9.69. The predicted molar refractivity (Wildman–Crippen MR) is 83.7 cm³/mol. The van der Waals surface area contributed by atoms with Crippen LogP contribution in [0.1, 0.15) is 39.5 Å². The van der Waals surface area contributed by atoms with Crippen LogP contribution in [0, 0.1) is 0 Å². The number of hydrogen-bond donors (Lipinski definition) is 2. The van der Waals surface area contributed by atoms with Crippen LogP contribution in [0.2, 0.25) is 0 Å². The van der Waals surface area contributed by atoms with Crippen LogP contribution in [-0.2, 0) is 4.79 Å². The highest BCUT2D eigenvalue weighted by Crippen LogP contribution is 2.03. The summed E-state index contributed by atoms with van der Waals surface area (Å²) in [5.74, 6) is 0.148. The molecular formula is C15H32N4O. The van der Waals surface area contributed by atoms with Gasteiger partial charge >= 0.3 is 0 Å². The molecule has 0 aromatic heterocycles. The smallest absolute Gasteiger partial charge is 0.221 e. The number of nitrogens with two attached hydrogens (primary N) is 1. The molecule has 0 aromatic rings. The number of likely N-dealkylation sites (N-methyl/N-ethyl adjacent to an activating group) is 1. The van der Waals surface area contributed by atoms with Gasteiger partial charge < -0.3 is 20.9 Å². The molecule has 1 amide bonds. The Morgan fingerprint density at radius 3 is 2.40 bits per heavy atom. The SMILES string of the molecule is CCCCC(CN)NC(=O)CCN1CCN(CC)CC1. The number of nitrogens with zero attached hydrogens (tertiary/aromatic N) is 2. The zero-order valence-electron chi connectivity index (χ0n) is 13.2. The standard InChI is InChI=1S/C15H32N4O/c1-3-5-6-14(13-16)17-15(20)7-8-19-11-9-18(4-2)10-12-19/h14H,3-13,16H2,1-2H3,(H,17,20). The fraction of sp³-hybridized carbons (Fsp3) is 0.933. The summed E-state index contributed by atoms with van der Waals surface area (Å²) in [4.78, 5) is 16.8. The van der Waals surface area contributed by atoms with E-state index in [9.17, 15) is 4.79 Å². The normalized spacial score (nSPS) is 18.9. The molecule has 5 nitrogen and oxygen atoms in total. The molecule has 1 fully saturated rings. The number of hydrogen-bond acceptors (Lipinski definition) is 4. The average molecular weight is 284 g/mol. The number of carbonyl (C=O) groups excluding carboxylic acids is 1. The van der Waals surface area contributed by atoms with E-state index < -0.39 is 0 Å². The van der Waals surface area contributed by atoms with Crippen LogP contribution in [0.3, 0.4) is 0 Å². The van der Waals surface area contributed by atoms with Gasteiger partial charge in [0.2, 0.25) is 5.91 Å². The Balaban J connectivity index is 2.16. The highest BCUT2D eigenvalue weighted by molar-refractivity contribution is 5.76. The van der Waals surface area contributed by atoms with Gasteiger partial charge in [-0.1, -0.05) is 26.7 Å². The van der Waals surface area contributed by atoms with Gasteiger partial charge in [-0.25, -0.2) is 0 Å². The first kappa shape index (κ1) is 17.4. The van der Waals surface area contributed by atoms with Crippen LogP contribution in [0.5, 0.6) is 0 Å². The molecular weight excluding hydrogens is 252 g/mol. The summed E-state index contributed by atoms with van der Waals surface area (Å²) in [6.07, 6.45) is 3.86. The Bertz CT molecular complexity index is 265. The fourth-order valence-corrected chi connectivity index (χ4v) is 2.59. The minimum atomic E-state index is 0.148. The molecule has 0 radical (unpaired) electrons. The molecule has 1 aliphatic rings. The highest BCUT2D eigenvalue weighted by atomic mass is 16.1. The lowest BCUT2D eigenvalue weighted by atomic mass is 10.1. The molecule has 0 bridgehead atoms. The van der Waals surface area contributed by atoms with Gasteiger partial charge in [-0.05, 0) is 13.0 Å². The molecule has 1 heterocycles. The van der Waals surface area contributed by atoms with Crippen molar-refractivity contribution in [2.45, 2.75) is 45.6 Å². The quantitative estimate of drug-likeness (QED) is 0.652. The van der Waals surface area contributed by atoms with E-state index in [-0.39, 0.29) is 11.9 Å². The highest BCUT2D eigenvalue weighted by Gasteiger charge is 2.17. The first-order valence-corrected chi connectivity index (χ1v) is 8.13. The Labute approximate surface area is 123 Å². The zero-order valence-corrected chi connectivity index (χ0v) is 13.2. The van der Waals surface area contributed by atoms with Crippen molar-refractivity contribution in [2.24, 2.45) is 5.73 Å². The third kappa shape index (κ3) is 6.68. The Morgan fingerprint density at radius 1 is 1.20 bits per heavy atom. The van der Waals surface area contributed by atoms with Crippen LogP contribution >= 0.6 is 0 Å². The summed E-state index contributed by atoms with van der Waals surface area (Å²) in [6.45, 7) is 11.3. The van der Waals surface area contributed by atoms with Gasteiger partial charge in [-0.2, -0.15) is 0 Å². The van der Waals surface area contributed by atoms with Crippen molar-refractivity contribution in [3.63, 3.8) is 0 Å². The van der Waals surface area contributed by atoms with E-state index in [2.05, 4.69) is 29.0 Å². The van der Waals surface area contributed by atoms with Crippen LogP contribution in [0.4, 0.5) is 0 Å². The number of rotatable bonds is 9. The summed E-state index contributed by atoms with van der Waals surface area (Å²) in [5.41, 5.74) is 5.70. The number of amides is 1. The van der Waals surface area contributed by atoms with E-state index in [1.807, 2.05) is 0 Å². The maximum Gasteiger partial charge on any atom is 0.221 e. The van der Waals surface area contributed by atoms with Crippen molar-refractivity contribution in [1.29, 1.82) is 0 Å². The van der Waals surface area contributed by atoms with Crippen LogP contribution in [-0.4, -0.2) is 67.6 Å². The fourth-order valence-electron chi connectivity index (χ4n) is 2.59. The molecule has 5 heteroatoms. The second kappa shape index (κ2) is 10.1. The largest absolute Gasteiger partial charge is 0.352 e. The Hall–Kier alpha value is -0.650. The summed E-state index contributed by atoms with van der Waals surface area (Å²) >= 11 is 0. The molecule has 3 N–H and O–H groups in total. The summed E-state index contributed by atoms with van der Waals surface area (Å²) in [6, 6.07) is 0.152. The maximum atomic E-state index is 11.9. The second-order valence-electron chi connectivity index (χ2n) is 5.67. The van der Waals surface area contributed by atoms with Crippen molar-refractivity contribution in [1.82, 2.24) is 15.1 Å². The first-order valence-electron chi connectivity index (χ1n) is 8.13. The molecule has 1 atom stereocenters. The summed E-state index contributed by atoms with van der Waals surface area (Å²) < 4.78 is 0. The Morgan fingerprint density at radius 2 is 1.85 bits per heavy atom. The summed E-state index contributed by atoms with van der Waals surface area (Å²) in [5, 5.41) is 3.06.